The molecule has 3 rings (SSSR count). The quantitative estimate of drug-likeness (QED) is 0.545. The summed E-state index contributed by atoms with van der Waals surface area (Å²) in [5.74, 6) is 1.17. The lowest BCUT2D eigenvalue weighted by Gasteiger charge is -2.22. The van der Waals surface area contributed by atoms with Crippen LogP contribution in [0.5, 0.6) is 0 Å². The summed E-state index contributed by atoms with van der Waals surface area (Å²) in [6.07, 6.45) is 1.00. The van der Waals surface area contributed by atoms with Gasteiger partial charge in [0.15, 0.2) is 0 Å². The van der Waals surface area contributed by atoms with E-state index >= 15 is 0 Å². The Labute approximate surface area is 169 Å². The maximum Gasteiger partial charge on any atom is 0.149 e. The Morgan fingerprint density at radius 2 is 1.61 bits per heavy atom. The van der Waals surface area contributed by atoms with Gasteiger partial charge >= 0.3 is 0 Å². The van der Waals surface area contributed by atoms with E-state index < -0.39 is 0 Å². The summed E-state index contributed by atoms with van der Waals surface area (Å²) < 4.78 is 8.24. The Balaban J connectivity index is 2.42. The normalized spacial score (nSPS) is 13.9. The van der Waals surface area contributed by atoms with Crippen molar-refractivity contribution in [1.29, 1.82) is 0 Å². The topological polar surface area (TPSA) is 39.9 Å². The Morgan fingerprint density at radius 1 is 1.00 bits per heavy atom. The van der Waals surface area contributed by atoms with Crippen molar-refractivity contribution in [3.63, 3.8) is 0 Å². The number of hydrogen-bond acceptors (Lipinski definition) is 3. The SMILES string of the molecule is CCC(C)C(OC)c1nc(C)nc2c1c(C)c(C)n2-c1c(C)cc(C)cc1C. The molecule has 3 aromatic rings. The molecule has 0 spiro atoms. The third-order valence-electron chi connectivity index (χ3n) is 6.04. The largest absolute Gasteiger partial charge is 0.375 e. The number of rotatable bonds is 5. The van der Waals surface area contributed by atoms with Gasteiger partial charge < -0.3 is 4.74 Å². The molecule has 0 fully saturated rings. The van der Waals surface area contributed by atoms with Gasteiger partial charge in [-0.15, -0.1) is 0 Å². The van der Waals surface area contributed by atoms with Crippen LogP contribution in [0.4, 0.5) is 0 Å². The van der Waals surface area contributed by atoms with Gasteiger partial charge in [-0.1, -0.05) is 38.0 Å². The van der Waals surface area contributed by atoms with Crippen molar-refractivity contribution in [3.05, 3.63) is 51.6 Å². The summed E-state index contributed by atoms with van der Waals surface area (Å²) in [6, 6.07) is 4.49. The van der Waals surface area contributed by atoms with Gasteiger partial charge in [0.05, 0.1) is 11.4 Å². The van der Waals surface area contributed by atoms with E-state index in [9.17, 15) is 0 Å². The van der Waals surface area contributed by atoms with Crippen LogP contribution in [-0.2, 0) is 4.74 Å². The summed E-state index contributed by atoms with van der Waals surface area (Å²) >= 11 is 0. The number of methoxy groups -OCH3 is 1. The molecule has 0 aliphatic carbocycles. The van der Waals surface area contributed by atoms with Crippen LogP contribution >= 0.6 is 0 Å². The highest BCUT2D eigenvalue weighted by Gasteiger charge is 2.27. The Bertz CT molecular complexity index is 1010. The van der Waals surface area contributed by atoms with Gasteiger partial charge in [0.25, 0.3) is 0 Å². The predicted molar refractivity (Wildman–Crippen MR) is 116 cm³/mol. The van der Waals surface area contributed by atoms with Crippen LogP contribution < -0.4 is 0 Å². The number of fused-ring (bicyclic) bond motifs is 1. The van der Waals surface area contributed by atoms with Gasteiger partial charge in [0.1, 0.15) is 17.6 Å². The van der Waals surface area contributed by atoms with Gasteiger partial charge in [0, 0.05) is 18.2 Å². The zero-order valence-electron chi connectivity index (χ0n) is 18.8. The summed E-state index contributed by atoms with van der Waals surface area (Å²) in [7, 11) is 1.79. The maximum atomic E-state index is 5.93. The van der Waals surface area contributed by atoms with E-state index in [4.69, 9.17) is 14.7 Å². The molecular formula is C24H33N3O. The van der Waals surface area contributed by atoms with Crippen molar-refractivity contribution in [2.75, 3.05) is 7.11 Å². The molecule has 0 N–H and O–H groups in total. The average molecular weight is 380 g/mol. The van der Waals surface area contributed by atoms with Crippen LogP contribution in [0.2, 0.25) is 0 Å². The second-order valence-electron chi connectivity index (χ2n) is 8.19. The molecule has 150 valence electrons. The zero-order valence-corrected chi connectivity index (χ0v) is 18.8. The first-order valence-electron chi connectivity index (χ1n) is 10.2. The molecule has 2 heterocycles. The lowest BCUT2D eigenvalue weighted by Crippen LogP contribution is -2.15. The van der Waals surface area contributed by atoms with Crippen molar-refractivity contribution in [2.24, 2.45) is 5.92 Å². The second-order valence-corrected chi connectivity index (χ2v) is 8.19. The van der Waals surface area contributed by atoms with Gasteiger partial charge in [-0.2, -0.15) is 0 Å². The molecule has 0 radical (unpaired) electrons. The van der Waals surface area contributed by atoms with Crippen LogP contribution in [0, 0.1) is 47.5 Å². The molecule has 0 saturated carbocycles. The van der Waals surface area contributed by atoms with Gasteiger partial charge in [-0.25, -0.2) is 9.97 Å². The molecule has 0 amide bonds. The first-order chi connectivity index (χ1) is 13.2. The average Bonchev–Trinajstić information content (AvgIpc) is 2.86. The number of nitrogens with zero attached hydrogens (tertiary/aromatic N) is 3. The fourth-order valence-corrected chi connectivity index (χ4v) is 4.44. The van der Waals surface area contributed by atoms with Crippen molar-refractivity contribution >= 4 is 11.0 Å². The zero-order chi connectivity index (χ0) is 20.7. The highest BCUT2D eigenvalue weighted by atomic mass is 16.5. The van der Waals surface area contributed by atoms with Crippen molar-refractivity contribution in [2.45, 2.75) is 67.9 Å². The molecular weight excluding hydrogens is 346 g/mol. The lowest BCUT2D eigenvalue weighted by molar-refractivity contribution is 0.0542. The van der Waals surface area contributed by atoms with Crippen molar-refractivity contribution in [1.82, 2.24) is 14.5 Å². The monoisotopic (exact) mass is 379 g/mol. The van der Waals surface area contributed by atoms with Gasteiger partial charge in [0.2, 0.25) is 0 Å². The summed E-state index contributed by atoms with van der Waals surface area (Å²) in [4.78, 5) is 9.76. The fraction of sp³-hybridized carbons (Fsp3) is 0.500. The first-order valence-corrected chi connectivity index (χ1v) is 10.2. The Hall–Kier alpha value is -2.20. The molecule has 1 aromatic carbocycles. The predicted octanol–water partition coefficient (Wildman–Crippen LogP) is 6.00. The van der Waals surface area contributed by atoms with Crippen molar-refractivity contribution < 1.29 is 4.74 Å². The molecule has 28 heavy (non-hydrogen) atoms. The van der Waals surface area contributed by atoms with E-state index in [1.165, 1.54) is 33.6 Å². The molecule has 0 bridgehead atoms. The van der Waals surface area contributed by atoms with Crippen LogP contribution in [0.15, 0.2) is 12.1 Å². The molecule has 0 aliphatic rings. The second kappa shape index (κ2) is 7.67. The minimum Gasteiger partial charge on any atom is -0.375 e. The molecule has 0 aliphatic heterocycles. The molecule has 2 unspecified atom stereocenters. The van der Waals surface area contributed by atoms with E-state index in [0.717, 1.165) is 29.0 Å². The number of hydrogen-bond donors (Lipinski definition) is 0. The van der Waals surface area contributed by atoms with Crippen LogP contribution in [-0.4, -0.2) is 21.6 Å². The van der Waals surface area contributed by atoms with E-state index in [2.05, 4.69) is 65.2 Å². The minimum atomic E-state index is -0.0386. The number of ether oxygens (including phenoxy) is 1. The van der Waals surface area contributed by atoms with Crippen LogP contribution in [0.25, 0.3) is 16.7 Å². The first kappa shape index (κ1) is 20.5. The summed E-state index contributed by atoms with van der Waals surface area (Å²) in [5, 5.41) is 1.13. The van der Waals surface area contributed by atoms with E-state index in [1.807, 2.05) is 6.92 Å². The number of benzene rings is 1. The van der Waals surface area contributed by atoms with E-state index in [1.54, 1.807) is 7.11 Å². The van der Waals surface area contributed by atoms with Crippen LogP contribution in [0.1, 0.15) is 65.8 Å². The van der Waals surface area contributed by atoms with E-state index in [-0.39, 0.29) is 6.10 Å². The number of aromatic nitrogens is 3. The molecule has 0 saturated heterocycles. The maximum absolute atomic E-state index is 5.93. The summed E-state index contributed by atoms with van der Waals surface area (Å²) in [5.41, 5.74) is 9.48. The molecule has 2 aromatic heterocycles. The number of aryl methyl sites for hydroxylation is 5. The van der Waals surface area contributed by atoms with Crippen molar-refractivity contribution in [3.8, 4) is 5.69 Å². The highest BCUT2D eigenvalue weighted by Crippen LogP contribution is 2.37. The third-order valence-corrected chi connectivity index (χ3v) is 6.04. The molecule has 2 atom stereocenters. The van der Waals surface area contributed by atoms with E-state index in [0.29, 0.717) is 5.92 Å². The summed E-state index contributed by atoms with van der Waals surface area (Å²) in [6.45, 7) is 17.3. The molecule has 4 nitrogen and oxygen atoms in total. The van der Waals surface area contributed by atoms with Gasteiger partial charge in [-0.05, 0) is 64.2 Å². The standard InChI is InChI=1S/C24H33N3O/c1-10-14(3)23(28-9)21-20-17(6)18(7)27(24(20)26-19(8)25-21)22-15(4)11-13(2)12-16(22)5/h11-12,14,23H,10H2,1-9H3. The van der Waals surface area contributed by atoms with Gasteiger partial charge in [-0.3, -0.25) is 4.57 Å². The smallest absolute Gasteiger partial charge is 0.149 e. The minimum absolute atomic E-state index is 0.0386. The Morgan fingerprint density at radius 3 is 2.14 bits per heavy atom. The Kier molecular flexibility index (Phi) is 5.62. The highest BCUT2D eigenvalue weighted by molar-refractivity contribution is 5.87. The lowest BCUT2D eigenvalue weighted by atomic mass is 9.96. The third kappa shape index (κ3) is 3.24. The molecule has 4 heteroatoms. The van der Waals surface area contributed by atoms with Crippen LogP contribution in [0.3, 0.4) is 0 Å². The fourth-order valence-electron chi connectivity index (χ4n) is 4.44.